The molecule has 0 unspecified atom stereocenters. The first-order valence-electron chi connectivity index (χ1n) is 6.88. The van der Waals surface area contributed by atoms with Crippen molar-refractivity contribution in [2.45, 2.75) is 19.4 Å². The molecular weight excluding hydrogens is 264 g/mol. The largest absolute Gasteiger partial charge is 0.496 e. The number of benzene rings is 2. The fraction of sp³-hybridized carbons (Fsp3) is 0.235. The normalized spacial score (nSPS) is 19.0. The minimum absolute atomic E-state index is 0.0834. The fourth-order valence-electron chi connectivity index (χ4n) is 2.63. The van der Waals surface area contributed by atoms with Crippen molar-refractivity contribution in [1.82, 2.24) is 10.9 Å². The van der Waals surface area contributed by atoms with Gasteiger partial charge in [0, 0.05) is 11.0 Å². The van der Waals surface area contributed by atoms with Crippen molar-refractivity contribution in [1.29, 1.82) is 0 Å². The van der Waals surface area contributed by atoms with Crippen molar-refractivity contribution in [3.63, 3.8) is 0 Å². The van der Waals surface area contributed by atoms with Crippen LogP contribution in [-0.2, 0) is 4.79 Å². The summed E-state index contributed by atoms with van der Waals surface area (Å²) in [6.45, 7) is 3.95. The van der Waals surface area contributed by atoms with Crippen LogP contribution in [0.3, 0.4) is 0 Å². The molecule has 0 aliphatic carbocycles. The zero-order chi connectivity index (χ0) is 15.0. The van der Waals surface area contributed by atoms with E-state index in [4.69, 9.17) is 4.74 Å². The standard InChI is InChI=1S/C17H18N2O2/c1-17(2)14(16(20)18-19-17)10-11-8-9-15(21-3)13-7-5-4-6-12(11)13/h4-10,19H,1-3H3,(H,18,20)/b14-10+. The second-order valence-electron chi connectivity index (χ2n) is 5.66. The van der Waals surface area contributed by atoms with E-state index in [0.29, 0.717) is 0 Å². The molecule has 3 rings (SSSR count). The Labute approximate surface area is 123 Å². The molecule has 1 aliphatic rings. The van der Waals surface area contributed by atoms with Crippen LogP contribution in [0.2, 0.25) is 0 Å². The molecule has 2 N–H and O–H groups in total. The van der Waals surface area contributed by atoms with Crippen LogP contribution in [0.4, 0.5) is 0 Å². The van der Waals surface area contributed by atoms with E-state index in [0.717, 1.165) is 27.7 Å². The van der Waals surface area contributed by atoms with Crippen molar-refractivity contribution in [3.8, 4) is 5.75 Å². The van der Waals surface area contributed by atoms with E-state index in [-0.39, 0.29) is 5.91 Å². The maximum atomic E-state index is 12.0. The average Bonchev–Trinajstić information content (AvgIpc) is 2.74. The Balaban J connectivity index is 2.20. The summed E-state index contributed by atoms with van der Waals surface area (Å²) in [6.07, 6.45) is 1.94. The predicted octanol–water partition coefficient (Wildman–Crippen LogP) is 2.64. The average molecular weight is 282 g/mol. The zero-order valence-corrected chi connectivity index (χ0v) is 12.4. The van der Waals surface area contributed by atoms with Crippen molar-refractivity contribution < 1.29 is 9.53 Å². The Hall–Kier alpha value is -2.33. The molecule has 21 heavy (non-hydrogen) atoms. The van der Waals surface area contributed by atoms with E-state index >= 15 is 0 Å². The molecule has 0 aromatic heterocycles. The Kier molecular flexibility index (Phi) is 3.18. The number of hydrazine groups is 1. The maximum absolute atomic E-state index is 12.0. The van der Waals surface area contributed by atoms with Gasteiger partial charge in [0.2, 0.25) is 0 Å². The molecule has 0 saturated carbocycles. The minimum atomic E-state index is -0.391. The van der Waals surface area contributed by atoms with Crippen molar-refractivity contribution >= 4 is 22.8 Å². The summed E-state index contributed by atoms with van der Waals surface area (Å²) in [5.41, 5.74) is 7.00. The van der Waals surface area contributed by atoms with Crippen molar-refractivity contribution in [3.05, 3.63) is 47.5 Å². The van der Waals surface area contributed by atoms with E-state index in [1.807, 2.05) is 56.3 Å². The number of rotatable bonds is 2. The van der Waals surface area contributed by atoms with Gasteiger partial charge in [-0.2, -0.15) is 0 Å². The number of hydrogen-bond acceptors (Lipinski definition) is 3. The summed E-state index contributed by atoms with van der Waals surface area (Å²) < 4.78 is 5.40. The van der Waals surface area contributed by atoms with Gasteiger partial charge in [-0.1, -0.05) is 30.3 Å². The molecule has 0 spiro atoms. The van der Waals surface area contributed by atoms with Crippen molar-refractivity contribution in [2.75, 3.05) is 7.11 Å². The molecule has 0 atom stereocenters. The lowest BCUT2D eigenvalue weighted by Crippen LogP contribution is -2.38. The van der Waals surface area contributed by atoms with Gasteiger partial charge >= 0.3 is 0 Å². The number of hydrogen-bond donors (Lipinski definition) is 2. The van der Waals surface area contributed by atoms with Crippen LogP contribution in [0.5, 0.6) is 5.75 Å². The fourth-order valence-corrected chi connectivity index (χ4v) is 2.63. The molecule has 4 nitrogen and oxygen atoms in total. The van der Waals surface area contributed by atoms with Gasteiger partial charge in [-0.3, -0.25) is 10.2 Å². The SMILES string of the molecule is COc1ccc(/C=C2\C(=O)NNC2(C)C)c2ccccc12. The Morgan fingerprint density at radius 2 is 1.81 bits per heavy atom. The summed E-state index contributed by atoms with van der Waals surface area (Å²) in [4.78, 5) is 12.0. The minimum Gasteiger partial charge on any atom is -0.496 e. The monoisotopic (exact) mass is 282 g/mol. The highest BCUT2D eigenvalue weighted by molar-refractivity contribution is 6.04. The second-order valence-corrected chi connectivity index (χ2v) is 5.66. The smallest absolute Gasteiger partial charge is 0.263 e. The number of methoxy groups -OCH3 is 1. The molecule has 0 bridgehead atoms. The first-order chi connectivity index (χ1) is 10.0. The highest BCUT2D eigenvalue weighted by Crippen LogP contribution is 2.31. The summed E-state index contributed by atoms with van der Waals surface area (Å²) in [5.74, 6) is 0.751. The van der Waals surface area contributed by atoms with E-state index in [1.165, 1.54) is 0 Å². The van der Waals surface area contributed by atoms with Gasteiger partial charge in [0.25, 0.3) is 5.91 Å². The molecule has 1 amide bonds. The molecule has 4 heteroatoms. The van der Waals surface area contributed by atoms with Crippen LogP contribution >= 0.6 is 0 Å². The van der Waals surface area contributed by atoms with Crippen LogP contribution in [0, 0.1) is 0 Å². The van der Waals surface area contributed by atoms with Crippen molar-refractivity contribution in [2.24, 2.45) is 0 Å². The van der Waals surface area contributed by atoms with Crippen LogP contribution in [-0.4, -0.2) is 18.6 Å². The number of amides is 1. The first kappa shape index (κ1) is 13.6. The lowest BCUT2D eigenvalue weighted by molar-refractivity contribution is -0.116. The third kappa shape index (κ3) is 2.28. The van der Waals surface area contributed by atoms with Crippen LogP contribution in [0.25, 0.3) is 16.8 Å². The van der Waals surface area contributed by atoms with Gasteiger partial charge in [0.15, 0.2) is 0 Å². The van der Waals surface area contributed by atoms with Gasteiger partial charge in [0.1, 0.15) is 5.75 Å². The lowest BCUT2D eigenvalue weighted by Gasteiger charge is -2.17. The highest BCUT2D eigenvalue weighted by atomic mass is 16.5. The van der Waals surface area contributed by atoms with Gasteiger partial charge in [-0.05, 0) is 36.9 Å². The molecule has 108 valence electrons. The summed E-state index contributed by atoms with van der Waals surface area (Å²) >= 11 is 0. The zero-order valence-electron chi connectivity index (χ0n) is 12.4. The molecule has 0 radical (unpaired) electrons. The lowest BCUT2D eigenvalue weighted by atomic mass is 9.92. The van der Waals surface area contributed by atoms with Crippen LogP contribution < -0.4 is 15.6 Å². The van der Waals surface area contributed by atoms with Crippen LogP contribution in [0.1, 0.15) is 19.4 Å². The molecule has 1 aliphatic heterocycles. The Morgan fingerprint density at radius 3 is 2.43 bits per heavy atom. The van der Waals surface area contributed by atoms with E-state index in [2.05, 4.69) is 10.9 Å². The van der Waals surface area contributed by atoms with Crippen LogP contribution in [0.15, 0.2) is 42.0 Å². The van der Waals surface area contributed by atoms with Gasteiger partial charge in [0.05, 0.1) is 12.6 Å². The maximum Gasteiger partial charge on any atom is 0.263 e. The van der Waals surface area contributed by atoms with E-state index in [1.54, 1.807) is 7.11 Å². The Morgan fingerprint density at radius 1 is 1.10 bits per heavy atom. The highest BCUT2D eigenvalue weighted by Gasteiger charge is 2.34. The topological polar surface area (TPSA) is 50.4 Å². The quantitative estimate of drug-likeness (QED) is 0.833. The molecule has 2 aromatic carbocycles. The molecular formula is C17H18N2O2. The second kappa shape index (κ2) is 4.90. The summed E-state index contributed by atoms with van der Waals surface area (Å²) in [5, 5.41) is 2.11. The number of carbonyl (C=O) groups excluding carboxylic acids is 1. The molecule has 1 saturated heterocycles. The van der Waals surface area contributed by atoms with Gasteiger partial charge in [-0.15, -0.1) is 0 Å². The number of nitrogens with one attached hydrogen (secondary N) is 2. The molecule has 1 fully saturated rings. The number of ether oxygens (including phenoxy) is 1. The summed E-state index contributed by atoms with van der Waals surface area (Å²) in [6, 6.07) is 11.9. The van der Waals surface area contributed by atoms with Gasteiger partial charge < -0.3 is 4.74 Å². The first-order valence-corrected chi connectivity index (χ1v) is 6.88. The Bertz CT molecular complexity index is 748. The predicted molar refractivity (Wildman–Crippen MR) is 83.8 cm³/mol. The number of carbonyl (C=O) groups is 1. The number of fused-ring (bicyclic) bond motifs is 1. The van der Waals surface area contributed by atoms with E-state index in [9.17, 15) is 4.79 Å². The third-order valence-corrected chi connectivity index (χ3v) is 3.84. The molecule has 2 aromatic rings. The third-order valence-electron chi connectivity index (χ3n) is 3.84. The van der Waals surface area contributed by atoms with E-state index < -0.39 is 5.54 Å². The molecule has 1 heterocycles. The summed E-state index contributed by atoms with van der Waals surface area (Å²) in [7, 11) is 1.66. The van der Waals surface area contributed by atoms with Gasteiger partial charge in [-0.25, -0.2) is 5.43 Å².